The van der Waals surface area contributed by atoms with Crippen molar-refractivity contribution in [2.75, 3.05) is 0 Å². The molecular formula is C14H22O4. The number of ketones is 1. The lowest BCUT2D eigenvalue weighted by atomic mass is 9.73. The summed E-state index contributed by atoms with van der Waals surface area (Å²) in [5.41, 5.74) is -0.384. The van der Waals surface area contributed by atoms with E-state index in [9.17, 15) is 15.0 Å². The van der Waals surface area contributed by atoms with E-state index < -0.39 is 23.9 Å². The average Bonchev–Trinajstić information content (AvgIpc) is 2.61. The van der Waals surface area contributed by atoms with Crippen LogP contribution in [-0.2, 0) is 9.53 Å². The van der Waals surface area contributed by atoms with Crippen molar-refractivity contribution in [3.05, 3.63) is 12.2 Å². The third-order valence-corrected chi connectivity index (χ3v) is 4.24. The van der Waals surface area contributed by atoms with Gasteiger partial charge in [-0.1, -0.05) is 20.4 Å². The molecule has 5 atom stereocenters. The predicted octanol–water partition coefficient (Wildman–Crippen LogP) is 1.06. The maximum absolute atomic E-state index is 12.0. The fraction of sp³-hybridized carbons (Fsp3) is 0.786. The molecule has 0 amide bonds. The van der Waals surface area contributed by atoms with Crippen molar-refractivity contribution in [3.63, 3.8) is 0 Å². The second-order valence-corrected chi connectivity index (χ2v) is 6.06. The van der Waals surface area contributed by atoms with E-state index in [1.165, 1.54) is 0 Å². The molecule has 0 bridgehead atoms. The lowest BCUT2D eigenvalue weighted by Gasteiger charge is -2.40. The van der Waals surface area contributed by atoms with E-state index in [1.54, 1.807) is 6.92 Å². The largest absolute Gasteiger partial charge is 0.387 e. The Balaban J connectivity index is 2.20. The SMILES string of the molecule is C=C1C(C(=O)C(C)C)OC2C1CCC(C)(O)C2O. The number of aliphatic hydroxyl groups excluding tert-OH is 1. The van der Waals surface area contributed by atoms with Gasteiger partial charge in [0, 0.05) is 11.8 Å². The molecule has 0 aromatic heterocycles. The van der Waals surface area contributed by atoms with E-state index in [0.717, 1.165) is 5.57 Å². The smallest absolute Gasteiger partial charge is 0.168 e. The van der Waals surface area contributed by atoms with Crippen molar-refractivity contribution in [1.29, 1.82) is 0 Å². The Morgan fingerprint density at radius 1 is 1.56 bits per heavy atom. The van der Waals surface area contributed by atoms with Crippen molar-refractivity contribution in [3.8, 4) is 0 Å². The molecule has 5 unspecified atom stereocenters. The van der Waals surface area contributed by atoms with Crippen LogP contribution in [0.15, 0.2) is 12.2 Å². The molecule has 2 fully saturated rings. The number of hydrogen-bond donors (Lipinski definition) is 2. The first kappa shape index (κ1) is 13.7. The van der Waals surface area contributed by atoms with Gasteiger partial charge in [0.15, 0.2) is 5.78 Å². The lowest BCUT2D eigenvalue weighted by Crippen LogP contribution is -2.53. The highest BCUT2D eigenvalue weighted by molar-refractivity contribution is 5.88. The van der Waals surface area contributed by atoms with E-state index in [0.29, 0.717) is 12.8 Å². The molecule has 2 rings (SSSR count). The summed E-state index contributed by atoms with van der Waals surface area (Å²) in [7, 11) is 0. The van der Waals surface area contributed by atoms with Crippen LogP contribution in [0.2, 0.25) is 0 Å². The summed E-state index contributed by atoms with van der Waals surface area (Å²) in [5, 5.41) is 20.2. The van der Waals surface area contributed by atoms with Crippen molar-refractivity contribution in [2.45, 2.75) is 57.5 Å². The molecule has 2 N–H and O–H groups in total. The molecule has 1 heterocycles. The monoisotopic (exact) mass is 254 g/mol. The van der Waals surface area contributed by atoms with E-state index in [2.05, 4.69) is 6.58 Å². The van der Waals surface area contributed by atoms with Gasteiger partial charge in [-0.25, -0.2) is 0 Å². The van der Waals surface area contributed by atoms with Crippen molar-refractivity contribution in [2.24, 2.45) is 11.8 Å². The van der Waals surface area contributed by atoms with Crippen LogP contribution in [0.3, 0.4) is 0 Å². The van der Waals surface area contributed by atoms with Gasteiger partial charge in [-0.3, -0.25) is 4.79 Å². The van der Waals surface area contributed by atoms with Crippen molar-refractivity contribution in [1.82, 2.24) is 0 Å². The molecule has 1 saturated carbocycles. The van der Waals surface area contributed by atoms with Crippen LogP contribution in [0.25, 0.3) is 0 Å². The number of hydrogen-bond acceptors (Lipinski definition) is 4. The second-order valence-electron chi connectivity index (χ2n) is 6.06. The second kappa shape index (κ2) is 4.44. The normalized spacial score (nSPS) is 44.2. The molecule has 1 aliphatic carbocycles. The van der Waals surface area contributed by atoms with Gasteiger partial charge < -0.3 is 14.9 Å². The fourth-order valence-electron chi connectivity index (χ4n) is 2.89. The summed E-state index contributed by atoms with van der Waals surface area (Å²) < 4.78 is 5.69. The summed E-state index contributed by atoms with van der Waals surface area (Å²) >= 11 is 0. The first-order valence-corrected chi connectivity index (χ1v) is 6.54. The minimum absolute atomic E-state index is 0.00115. The van der Waals surface area contributed by atoms with Gasteiger partial charge in [0.25, 0.3) is 0 Å². The molecule has 4 nitrogen and oxygen atoms in total. The first-order valence-electron chi connectivity index (χ1n) is 6.54. The fourth-order valence-corrected chi connectivity index (χ4v) is 2.89. The van der Waals surface area contributed by atoms with Crippen LogP contribution in [0.1, 0.15) is 33.6 Å². The van der Waals surface area contributed by atoms with Crippen LogP contribution in [0, 0.1) is 11.8 Å². The molecule has 18 heavy (non-hydrogen) atoms. The van der Waals surface area contributed by atoms with Gasteiger partial charge in [-0.15, -0.1) is 0 Å². The molecule has 4 heteroatoms. The van der Waals surface area contributed by atoms with Gasteiger partial charge in [0.2, 0.25) is 0 Å². The number of aliphatic hydroxyl groups is 2. The lowest BCUT2D eigenvalue weighted by molar-refractivity contribution is -0.166. The number of Topliss-reactive ketones (excluding diaryl/α,β-unsaturated/α-hetero) is 1. The Kier molecular flexibility index (Phi) is 3.38. The third kappa shape index (κ3) is 2.02. The first-order chi connectivity index (χ1) is 8.25. The molecule has 2 aliphatic rings. The quantitative estimate of drug-likeness (QED) is 0.723. The van der Waals surface area contributed by atoms with Crippen molar-refractivity contribution >= 4 is 5.78 Å². The zero-order valence-corrected chi connectivity index (χ0v) is 11.2. The van der Waals surface area contributed by atoms with Crippen molar-refractivity contribution < 1.29 is 19.7 Å². The van der Waals surface area contributed by atoms with Crippen LogP contribution in [0.4, 0.5) is 0 Å². The zero-order chi connectivity index (χ0) is 13.7. The topological polar surface area (TPSA) is 66.8 Å². The molecule has 0 aromatic rings. The molecule has 0 radical (unpaired) electrons. The molecule has 0 aromatic carbocycles. The van der Waals surface area contributed by atoms with E-state index in [1.807, 2.05) is 13.8 Å². The van der Waals surface area contributed by atoms with Crippen LogP contribution < -0.4 is 0 Å². The van der Waals surface area contributed by atoms with Crippen LogP contribution in [0.5, 0.6) is 0 Å². The minimum atomic E-state index is -1.14. The van der Waals surface area contributed by atoms with Gasteiger partial charge >= 0.3 is 0 Å². The number of carbonyl (C=O) groups is 1. The highest BCUT2D eigenvalue weighted by Crippen LogP contribution is 2.44. The number of rotatable bonds is 2. The van der Waals surface area contributed by atoms with E-state index in [4.69, 9.17) is 4.74 Å². The number of ether oxygens (including phenoxy) is 1. The van der Waals surface area contributed by atoms with Gasteiger partial charge in [-0.2, -0.15) is 0 Å². The number of fused-ring (bicyclic) bond motifs is 1. The minimum Gasteiger partial charge on any atom is -0.387 e. The Hall–Kier alpha value is -0.710. The van der Waals surface area contributed by atoms with Gasteiger partial charge in [-0.05, 0) is 25.3 Å². The highest BCUT2D eigenvalue weighted by atomic mass is 16.5. The molecule has 102 valence electrons. The molecule has 1 aliphatic heterocycles. The maximum Gasteiger partial charge on any atom is 0.168 e. The van der Waals surface area contributed by atoms with Crippen LogP contribution in [-0.4, -0.2) is 39.9 Å². The predicted molar refractivity (Wildman–Crippen MR) is 67.0 cm³/mol. The third-order valence-electron chi connectivity index (χ3n) is 4.24. The Bertz CT molecular complexity index is 372. The summed E-state index contributed by atoms with van der Waals surface area (Å²) in [4.78, 5) is 12.0. The Morgan fingerprint density at radius 2 is 2.17 bits per heavy atom. The van der Waals surface area contributed by atoms with Gasteiger partial charge in [0.05, 0.1) is 11.7 Å². The average molecular weight is 254 g/mol. The molecular weight excluding hydrogens is 232 g/mol. The molecule has 0 spiro atoms. The highest BCUT2D eigenvalue weighted by Gasteiger charge is 2.53. The van der Waals surface area contributed by atoms with Crippen LogP contribution >= 0.6 is 0 Å². The molecule has 1 saturated heterocycles. The summed E-state index contributed by atoms with van der Waals surface area (Å²) in [5.74, 6) is -0.140. The summed E-state index contributed by atoms with van der Waals surface area (Å²) in [6.45, 7) is 9.23. The Labute approximate surface area is 108 Å². The van der Waals surface area contributed by atoms with E-state index >= 15 is 0 Å². The number of carbonyl (C=O) groups excluding carboxylic acids is 1. The maximum atomic E-state index is 12.0. The van der Waals surface area contributed by atoms with E-state index in [-0.39, 0.29) is 17.6 Å². The standard InChI is InChI=1S/C14H22O4/c1-7(2)10(15)11-8(3)9-5-6-14(4,17)13(16)12(9)18-11/h7,9,11-13,16-17H,3,5-6H2,1-2,4H3. The summed E-state index contributed by atoms with van der Waals surface area (Å²) in [6.07, 6.45) is -0.883. The van der Waals surface area contributed by atoms with Gasteiger partial charge in [0.1, 0.15) is 12.2 Å². The summed E-state index contributed by atoms with van der Waals surface area (Å²) in [6, 6.07) is 0. The Morgan fingerprint density at radius 3 is 2.72 bits per heavy atom. The zero-order valence-electron chi connectivity index (χ0n) is 11.2.